The number of anilines is 1. The number of hydrogen-bond donors (Lipinski definition) is 1. The Morgan fingerprint density at radius 2 is 1.56 bits per heavy atom. The maximum absolute atomic E-state index is 13.1. The van der Waals surface area contributed by atoms with Crippen molar-refractivity contribution in [1.82, 2.24) is 4.31 Å². The molecular formula is C21H20F6N2O4S. The smallest absolute Gasteiger partial charge is 0.416 e. The molecule has 2 aromatic carbocycles. The third-order valence-electron chi connectivity index (χ3n) is 5.31. The Bertz CT molecular complexity index is 1120. The van der Waals surface area contributed by atoms with Crippen molar-refractivity contribution >= 4 is 21.6 Å². The number of rotatable bonds is 5. The van der Waals surface area contributed by atoms with Gasteiger partial charge in [-0.15, -0.1) is 0 Å². The van der Waals surface area contributed by atoms with E-state index >= 15 is 0 Å². The van der Waals surface area contributed by atoms with Crippen molar-refractivity contribution in [2.75, 3.05) is 25.5 Å². The fourth-order valence-corrected chi connectivity index (χ4v) is 5.07. The highest BCUT2D eigenvalue weighted by atomic mass is 32.2. The topological polar surface area (TPSA) is 75.7 Å². The van der Waals surface area contributed by atoms with Crippen LogP contribution in [0.25, 0.3) is 0 Å². The van der Waals surface area contributed by atoms with E-state index in [-0.39, 0.29) is 36.9 Å². The van der Waals surface area contributed by atoms with Crippen LogP contribution in [0.5, 0.6) is 5.75 Å². The number of nitrogens with zero attached hydrogens (tertiary/aromatic N) is 1. The lowest BCUT2D eigenvalue weighted by molar-refractivity contribution is -0.143. The number of hydrogen-bond acceptors (Lipinski definition) is 4. The Morgan fingerprint density at radius 3 is 2.06 bits per heavy atom. The average molecular weight is 510 g/mol. The average Bonchev–Trinajstić information content (AvgIpc) is 2.77. The maximum atomic E-state index is 13.1. The molecule has 1 aliphatic rings. The van der Waals surface area contributed by atoms with Crippen LogP contribution in [0, 0.1) is 5.92 Å². The number of sulfonamides is 1. The van der Waals surface area contributed by atoms with Gasteiger partial charge in [-0.05, 0) is 55.3 Å². The zero-order valence-electron chi connectivity index (χ0n) is 17.7. The van der Waals surface area contributed by atoms with Crippen molar-refractivity contribution in [3.8, 4) is 5.75 Å². The maximum Gasteiger partial charge on any atom is 0.416 e. The molecule has 186 valence electrons. The second kappa shape index (κ2) is 9.45. The van der Waals surface area contributed by atoms with Crippen LogP contribution >= 0.6 is 0 Å². The van der Waals surface area contributed by atoms with Crippen LogP contribution in [0.3, 0.4) is 0 Å². The monoisotopic (exact) mass is 510 g/mol. The molecule has 1 heterocycles. The first-order valence-electron chi connectivity index (χ1n) is 9.96. The summed E-state index contributed by atoms with van der Waals surface area (Å²) in [6.07, 6.45) is -9.63. The van der Waals surface area contributed by atoms with Gasteiger partial charge in [0.15, 0.2) is 0 Å². The number of nitrogens with one attached hydrogen (secondary N) is 1. The van der Waals surface area contributed by atoms with Crippen molar-refractivity contribution in [3.63, 3.8) is 0 Å². The van der Waals surface area contributed by atoms with Gasteiger partial charge in [-0.1, -0.05) is 0 Å². The highest BCUT2D eigenvalue weighted by Crippen LogP contribution is 2.38. The fraction of sp³-hybridized carbons (Fsp3) is 0.381. The lowest BCUT2D eigenvalue weighted by Gasteiger charge is -2.31. The Labute approximate surface area is 191 Å². The van der Waals surface area contributed by atoms with Crippen LogP contribution in [-0.4, -0.2) is 38.8 Å². The van der Waals surface area contributed by atoms with Crippen LogP contribution in [0.4, 0.5) is 32.0 Å². The standard InChI is InChI=1S/C21H20F6N2O4S/c1-33-17-4-6-18(7-5-17)34(31,32)29-8-2-3-13(12-29)19(30)28-16-10-14(20(22,23)24)9-15(11-16)21(25,26)27/h4-7,9-11,13H,2-3,8,12H2,1H3,(H,28,30). The first-order valence-corrected chi connectivity index (χ1v) is 11.4. The number of piperidine rings is 1. The molecule has 0 aromatic heterocycles. The van der Waals surface area contributed by atoms with Gasteiger partial charge in [-0.3, -0.25) is 4.79 Å². The largest absolute Gasteiger partial charge is 0.497 e. The minimum Gasteiger partial charge on any atom is -0.497 e. The number of methoxy groups -OCH3 is 1. The number of ether oxygens (including phenoxy) is 1. The van der Waals surface area contributed by atoms with Crippen LogP contribution in [-0.2, 0) is 27.2 Å². The molecule has 0 spiro atoms. The van der Waals surface area contributed by atoms with Gasteiger partial charge < -0.3 is 10.1 Å². The van der Waals surface area contributed by atoms with E-state index in [9.17, 15) is 39.6 Å². The van der Waals surface area contributed by atoms with Crippen molar-refractivity contribution < 1.29 is 44.3 Å². The Kier molecular flexibility index (Phi) is 7.18. The Morgan fingerprint density at radius 1 is 1.00 bits per heavy atom. The van der Waals surface area contributed by atoms with E-state index in [4.69, 9.17) is 4.74 Å². The van der Waals surface area contributed by atoms with Crippen molar-refractivity contribution in [3.05, 3.63) is 53.6 Å². The molecule has 3 rings (SSSR count). The Hall–Kier alpha value is -2.80. The van der Waals surface area contributed by atoms with Gasteiger partial charge in [0, 0.05) is 18.8 Å². The zero-order chi connectivity index (χ0) is 25.3. The number of halogens is 6. The summed E-state index contributed by atoms with van der Waals surface area (Å²) in [4.78, 5) is 12.6. The van der Waals surface area contributed by atoms with Crippen LogP contribution < -0.4 is 10.1 Å². The molecule has 1 saturated heterocycles. The van der Waals surface area contributed by atoms with Crippen LogP contribution in [0.1, 0.15) is 24.0 Å². The second-order valence-electron chi connectivity index (χ2n) is 7.66. The molecular weight excluding hydrogens is 490 g/mol. The van der Waals surface area contributed by atoms with Gasteiger partial charge in [0.05, 0.1) is 29.1 Å². The summed E-state index contributed by atoms with van der Waals surface area (Å²) in [5.74, 6) is -1.40. The van der Waals surface area contributed by atoms with Gasteiger partial charge in [0.1, 0.15) is 5.75 Å². The summed E-state index contributed by atoms with van der Waals surface area (Å²) >= 11 is 0. The van der Waals surface area contributed by atoms with E-state index in [1.54, 1.807) is 0 Å². The van der Waals surface area contributed by atoms with Crippen molar-refractivity contribution in [2.45, 2.75) is 30.1 Å². The van der Waals surface area contributed by atoms with E-state index in [1.165, 1.54) is 31.4 Å². The summed E-state index contributed by atoms with van der Waals surface area (Å²) in [6.45, 7) is -0.161. The molecule has 1 atom stereocenters. The first kappa shape index (κ1) is 25.8. The van der Waals surface area contributed by atoms with E-state index in [0.717, 1.165) is 4.31 Å². The number of carbonyl (C=O) groups excluding carboxylic acids is 1. The second-order valence-corrected chi connectivity index (χ2v) is 9.60. The number of carbonyl (C=O) groups is 1. The van der Waals surface area contributed by atoms with Gasteiger partial charge in [-0.25, -0.2) is 8.42 Å². The molecule has 13 heteroatoms. The third-order valence-corrected chi connectivity index (χ3v) is 7.19. The van der Waals surface area contributed by atoms with Gasteiger partial charge in [0.25, 0.3) is 0 Å². The molecule has 0 bridgehead atoms. The van der Waals surface area contributed by atoms with E-state index < -0.39 is 51.0 Å². The summed E-state index contributed by atoms with van der Waals surface area (Å²) in [5.41, 5.74) is -3.81. The lowest BCUT2D eigenvalue weighted by Crippen LogP contribution is -2.43. The molecule has 1 amide bonds. The summed E-state index contributed by atoms with van der Waals surface area (Å²) in [7, 11) is -2.56. The molecule has 0 radical (unpaired) electrons. The van der Waals surface area contributed by atoms with Crippen LogP contribution in [0.15, 0.2) is 47.4 Å². The quantitative estimate of drug-likeness (QED) is 0.588. The summed E-state index contributed by atoms with van der Waals surface area (Å²) in [5, 5.41) is 2.09. The summed E-state index contributed by atoms with van der Waals surface area (Å²) < 4.78 is 110. The fourth-order valence-electron chi connectivity index (χ4n) is 3.54. The highest BCUT2D eigenvalue weighted by molar-refractivity contribution is 7.89. The molecule has 0 aliphatic carbocycles. The van der Waals surface area contributed by atoms with E-state index in [2.05, 4.69) is 5.32 Å². The summed E-state index contributed by atoms with van der Waals surface area (Å²) in [6, 6.07) is 6.33. The van der Waals surface area contributed by atoms with Gasteiger partial charge in [0.2, 0.25) is 15.9 Å². The minimum atomic E-state index is -5.06. The lowest BCUT2D eigenvalue weighted by atomic mass is 9.98. The molecule has 0 saturated carbocycles. The SMILES string of the molecule is COc1ccc(S(=O)(=O)N2CCCC(C(=O)Nc3cc(C(F)(F)F)cc(C(F)(F)F)c3)C2)cc1. The normalized spacial score (nSPS) is 17.9. The van der Waals surface area contributed by atoms with Crippen LogP contribution in [0.2, 0.25) is 0 Å². The minimum absolute atomic E-state index is 0.0398. The number of alkyl halides is 6. The molecule has 6 nitrogen and oxygen atoms in total. The zero-order valence-corrected chi connectivity index (χ0v) is 18.5. The van der Waals surface area contributed by atoms with Gasteiger partial charge >= 0.3 is 12.4 Å². The number of amides is 1. The molecule has 34 heavy (non-hydrogen) atoms. The van der Waals surface area contributed by atoms with E-state index in [0.29, 0.717) is 17.9 Å². The molecule has 1 fully saturated rings. The molecule has 1 aliphatic heterocycles. The molecule has 1 N–H and O–H groups in total. The number of benzene rings is 2. The van der Waals surface area contributed by atoms with Crippen molar-refractivity contribution in [1.29, 1.82) is 0 Å². The third kappa shape index (κ3) is 5.81. The van der Waals surface area contributed by atoms with E-state index in [1.807, 2.05) is 0 Å². The predicted octanol–water partition coefficient (Wildman–Crippen LogP) is 4.77. The first-order chi connectivity index (χ1) is 15.7. The Balaban J connectivity index is 1.80. The van der Waals surface area contributed by atoms with Crippen molar-refractivity contribution in [2.24, 2.45) is 5.92 Å². The van der Waals surface area contributed by atoms with Gasteiger partial charge in [-0.2, -0.15) is 30.6 Å². The predicted molar refractivity (Wildman–Crippen MR) is 110 cm³/mol. The molecule has 2 aromatic rings. The highest BCUT2D eigenvalue weighted by Gasteiger charge is 2.38. The molecule has 1 unspecified atom stereocenters.